The average Bonchev–Trinajstić information content (AvgIpc) is 3.17. The summed E-state index contributed by atoms with van der Waals surface area (Å²) in [5.74, 6) is 2.24. The molecule has 2 heterocycles. The molecule has 1 aliphatic heterocycles. The first-order valence-electron chi connectivity index (χ1n) is 6.75. The lowest BCUT2D eigenvalue weighted by molar-refractivity contribution is 0.528. The van der Waals surface area contributed by atoms with E-state index in [4.69, 9.17) is 16.6 Å². The zero-order chi connectivity index (χ0) is 13.8. The molecule has 0 amide bonds. The third-order valence-electron chi connectivity index (χ3n) is 3.30. The van der Waals surface area contributed by atoms with E-state index in [0.717, 1.165) is 34.6 Å². The molecule has 0 N–H and O–H groups in total. The molecule has 1 aromatic carbocycles. The van der Waals surface area contributed by atoms with Gasteiger partial charge in [-0.1, -0.05) is 54.3 Å². The number of nitrogens with zero attached hydrogens (tertiary/aromatic N) is 2. The van der Waals surface area contributed by atoms with Crippen LogP contribution in [0.5, 0.6) is 0 Å². The summed E-state index contributed by atoms with van der Waals surface area (Å²) < 4.78 is 6.73. The normalized spacial score (nSPS) is 14.7. The Morgan fingerprint density at radius 2 is 2.00 bits per heavy atom. The van der Waals surface area contributed by atoms with Crippen molar-refractivity contribution in [2.24, 2.45) is 0 Å². The topological polar surface area (TPSA) is 29.3 Å². The highest BCUT2D eigenvalue weighted by Gasteiger charge is 2.16. The first-order chi connectivity index (χ1) is 9.83. The quantitative estimate of drug-likeness (QED) is 0.801. The molecule has 0 spiro atoms. The lowest BCUT2D eigenvalue weighted by Crippen LogP contribution is -2.23. The summed E-state index contributed by atoms with van der Waals surface area (Å²) in [5.41, 5.74) is 1.05. The summed E-state index contributed by atoms with van der Waals surface area (Å²) in [4.78, 5) is 6.59. The predicted octanol–water partition coefficient (Wildman–Crippen LogP) is 3.96. The maximum absolute atomic E-state index is 5.77. The van der Waals surface area contributed by atoms with Gasteiger partial charge in [0.2, 0.25) is 5.89 Å². The van der Waals surface area contributed by atoms with Crippen molar-refractivity contribution in [1.82, 2.24) is 9.88 Å². The summed E-state index contributed by atoms with van der Waals surface area (Å²) in [6.45, 7) is 2.18. The van der Waals surface area contributed by atoms with E-state index in [1.54, 1.807) is 18.0 Å². The molecule has 1 saturated heterocycles. The molecule has 5 heteroatoms. The number of thioether (sulfide) groups is 1. The zero-order valence-electron chi connectivity index (χ0n) is 11.1. The Hall–Kier alpha value is -1.33. The molecule has 3 rings (SSSR count). The van der Waals surface area contributed by atoms with Crippen molar-refractivity contribution in [1.29, 1.82) is 0 Å². The first kappa shape index (κ1) is 13.6. The third-order valence-corrected chi connectivity index (χ3v) is 4.80. The van der Waals surface area contributed by atoms with Crippen LogP contribution in [0.3, 0.4) is 0 Å². The zero-order valence-corrected chi connectivity index (χ0v) is 12.8. The maximum atomic E-state index is 5.77. The summed E-state index contributed by atoms with van der Waals surface area (Å²) in [6.07, 6.45) is 4.28. The van der Waals surface area contributed by atoms with E-state index in [1.807, 2.05) is 30.3 Å². The molecular weight excluding hydrogens is 288 g/mol. The third kappa shape index (κ3) is 3.22. The molecule has 0 atom stereocenters. The van der Waals surface area contributed by atoms with Crippen LogP contribution in [0.1, 0.15) is 18.7 Å². The fraction of sp³-hybridized carbons (Fsp3) is 0.333. The van der Waals surface area contributed by atoms with Crippen LogP contribution in [0.4, 0.5) is 0 Å². The van der Waals surface area contributed by atoms with Crippen LogP contribution in [0, 0.1) is 0 Å². The van der Waals surface area contributed by atoms with Crippen molar-refractivity contribution in [3.63, 3.8) is 0 Å². The number of oxazole rings is 1. The molecule has 0 saturated carbocycles. The van der Waals surface area contributed by atoms with Crippen LogP contribution in [0.15, 0.2) is 40.9 Å². The van der Waals surface area contributed by atoms with E-state index in [9.17, 15) is 0 Å². The lowest BCUT2D eigenvalue weighted by atomic mass is 10.2. The second-order valence-corrected chi connectivity index (χ2v) is 6.34. The van der Waals surface area contributed by atoms with Gasteiger partial charge in [-0.05, 0) is 12.8 Å². The minimum absolute atomic E-state index is 0.697. The number of aromatic nitrogens is 1. The Balaban J connectivity index is 1.59. The second kappa shape index (κ2) is 6.41. The molecule has 2 aromatic rings. The van der Waals surface area contributed by atoms with Crippen LogP contribution >= 0.6 is 24.0 Å². The molecule has 20 heavy (non-hydrogen) atoms. The van der Waals surface area contributed by atoms with Crippen molar-refractivity contribution in [2.45, 2.75) is 18.6 Å². The summed E-state index contributed by atoms with van der Waals surface area (Å²) >= 11 is 7.07. The van der Waals surface area contributed by atoms with Gasteiger partial charge in [0.15, 0.2) is 5.76 Å². The molecule has 0 aliphatic carbocycles. The summed E-state index contributed by atoms with van der Waals surface area (Å²) in [5, 5.41) is 0. The van der Waals surface area contributed by atoms with Gasteiger partial charge in [-0.25, -0.2) is 4.98 Å². The number of hydrogen-bond acceptors (Lipinski definition) is 4. The van der Waals surface area contributed by atoms with Crippen molar-refractivity contribution in [2.75, 3.05) is 13.1 Å². The van der Waals surface area contributed by atoms with E-state index in [2.05, 4.69) is 9.88 Å². The monoisotopic (exact) mass is 304 g/mol. The minimum Gasteiger partial charge on any atom is -0.440 e. The molecule has 0 bridgehead atoms. The fourth-order valence-corrected chi connectivity index (χ4v) is 3.33. The number of benzene rings is 1. The van der Waals surface area contributed by atoms with Crippen molar-refractivity contribution < 1.29 is 4.42 Å². The Bertz CT molecular complexity index is 577. The SMILES string of the molecule is S=C(SCc1ncc(-c2ccccc2)o1)N1CCCC1. The highest BCUT2D eigenvalue weighted by atomic mass is 32.2. The fourth-order valence-electron chi connectivity index (χ4n) is 2.23. The standard InChI is InChI=1S/C15H16N2OS2/c19-15(17-8-4-5-9-17)20-11-14-16-10-13(18-14)12-6-2-1-3-7-12/h1-3,6-7,10H,4-5,8-9,11H2. The number of rotatable bonds is 3. The molecular formula is C15H16N2OS2. The van der Waals surface area contributed by atoms with E-state index < -0.39 is 0 Å². The Labute approximate surface area is 128 Å². The maximum Gasteiger partial charge on any atom is 0.205 e. The molecule has 0 unspecified atom stereocenters. The molecule has 104 valence electrons. The summed E-state index contributed by atoms with van der Waals surface area (Å²) in [6, 6.07) is 10.0. The first-order valence-corrected chi connectivity index (χ1v) is 8.14. The van der Waals surface area contributed by atoms with Gasteiger partial charge in [-0.2, -0.15) is 0 Å². The molecule has 1 aromatic heterocycles. The number of likely N-dealkylation sites (tertiary alicyclic amines) is 1. The Morgan fingerprint density at radius 3 is 2.75 bits per heavy atom. The lowest BCUT2D eigenvalue weighted by Gasteiger charge is -2.16. The van der Waals surface area contributed by atoms with E-state index in [1.165, 1.54) is 12.8 Å². The minimum atomic E-state index is 0.697. The van der Waals surface area contributed by atoms with Crippen LogP contribution in [0.2, 0.25) is 0 Å². The predicted molar refractivity (Wildman–Crippen MR) is 86.6 cm³/mol. The molecule has 3 nitrogen and oxygen atoms in total. The van der Waals surface area contributed by atoms with Gasteiger partial charge in [0, 0.05) is 18.7 Å². The second-order valence-electron chi connectivity index (χ2n) is 4.73. The Kier molecular flexibility index (Phi) is 4.38. The van der Waals surface area contributed by atoms with Crippen LogP contribution in [-0.4, -0.2) is 27.3 Å². The van der Waals surface area contributed by atoms with Crippen LogP contribution in [-0.2, 0) is 5.75 Å². The number of thiocarbonyl (C=S) groups is 1. The van der Waals surface area contributed by atoms with Gasteiger partial charge in [-0.15, -0.1) is 0 Å². The van der Waals surface area contributed by atoms with Gasteiger partial charge in [0.1, 0.15) is 4.32 Å². The van der Waals surface area contributed by atoms with Gasteiger partial charge >= 0.3 is 0 Å². The van der Waals surface area contributed by atoms with E-state index in [-0.39, 0.29) is 0 Å². The van der Waals surface area contributed by atoms with Crippen molar-refractivity contribution in [3.8, 4) is 11.3 Å². The van der Waals surface area contributed by atoms with Crippen LogP contribution < -0.4 is 0 Å². The van der Waals surface area contributed by atoms with Gasteiger partial charge in [0.25, 0.3) is 0 Å². The highest BCUT2D eigenvalue weighted by molar-refractivity contribution is 8.22. The molecule has 1 fully saturated rings. The van der Waals surface area contributed by atoms with Crippen LogP contribution in [0.25, 0.3) is 11.3 Å². The largest absolute Gasteiger partial charge is 0.440 e. The highest BCUT2D eigenvalue weighted by Crippen LogP contribution is 2.24. The Morgan fingerprint density at radius 1 is 1.25 bits per heavy atom. The molecule has 1 aliphatic rings. The molecule has 0 radical (unpaired) electrons. The number of hydrogen-bond donors (Lipinski definition) is 0. The van der Waals surface area contributed by atoms with E-state index in [0.29, 0.717) is 5.75 Å². The van der Waals surface area contributed by atoms with Gasteiger partial charge in [0.05, 0.1) is 11.9 Å². The average molecular weight is 304 g/mol. The van der Waals surface area contributed by atoms with Gasteiger partial charge in [-0.3, -0.25) is 0 Å². The smallest absolute Gasteiger partial charge is 0.205 e. The van der Waals surface area contributed by atoms with E-state index >= 15 is 0 Å². The van der Waals surface area contributed by atoms with Gasteiger partial charge < -0.3 is 9.32 Å². The summed E-state index contributed by atoms with van der Waals surface area (Å²) in [7, 11) is 0. The van der Waals surface area contributed by atoms with Crippen molar-refractivity contribution >= 4 is 28.3 Å². The van der Waals surface area contributed by atoms with Crippen molar-refractivity contribution in [3.05, 3.63) is 42.4 Å².